The second-order valence-electron chi connectivity index (χ2n) is 5.91. The van der Waals surface area contributed by atoms with Gasteiger partial charge < -0.3 is 9.84 Å². The van der Waals surface area contributed by atoms with Crippen molar-refractivity contribution in [3.8, 4) is 5.75 Å². The lowest BCUT2D eigenvalue weighted by Crippen LogP contribution is -2.46. The maximum atomic E-state index is 14.2. The molecular formula is C18H12F2N2O4S. The zero-order valence-corrected chi connectivity index (χ0v) is 14.5. The first-order valence-corrected chi connectivity index (χ1v) is 8.78. The topological polar surface area (TPSA) is 79.7 Å². The number of carboxylic acid groups (broad SMARTS) is 1. The molecule has 2 heterocycles. The highest BCUT2D eigenvalue weighted by Crippen LogP contribution is 2.38. The first-order valence-electron chi connectivity index (χ1n) is 7.96. The van der Waals surface area contributed by atoms with E-state index < -0.39 is 36.0 Å². The molecule has 1 aromatic heterocycles. The van der Waals surface area contributed by atoms with Gasteiger partial charge in [-0.25, -0.2) is 13.8 Å². The zero-order valence-electron chi connectivity index (χ0n) is 13.7. The van der Waals surface area contributed by atoms with Gasteiger partial charge in [-0.15, -0.1) is 11.3 Å². The predicted molar refractivity (Wildman–Crippen MR) is 93.8 cm³/mol. The molecular weight excluding hydrogens is 378 g/mol. The molecule has 1 aliphatic rings. The average molecular weight is 390 g/mol. The number of thiazole rings is 1. The fraction of sp³-hybridized carbons (Fsp3) is 0.167. The molecule has 0 spiro atoms. The smallest absolute Gasteiger partial charge is 0.307 e. The number of amides is 1. The molecule has 2 aromatic carbocycles. The van der Waals surface area contributed by atoms with Gasteiger partial charge in [0.1, 0.15) is 16.3 Å². The Morgan fingerprint density at radius 1 is 1.22 bits per heavy atom. The molecule has 0 saturated carbocycles. The molecule has 0 radical (unpaired) electrons. The Hall–Kier alpha value is -3.07. The van der Waals surface area contributed by atoms with E-state index in [1.165, 1.54) is 34.4 Å². The van der Waals surface area contributed by atoms with Crippen molar-refractivity contribution in [2.45, 2.75) is 19.1 Å². The normalized spacial score (nSPS) is 16.3. The monoisotopic (exact) mass is 390 g/mol. The van der Waals surface area contributed by atoms with Gasteiger partial charge in [0, 0.05) is 0 Å². The van der Waals surface area contributed by atoms with Crippen LogP contribution in [0.5, 0.6) is 5.75 Å². The SMILES string of the molecule is O=C(O)CC1Oc2c(F)cccc2N(Cc2nc3c(F)cccc3s2)C1=O. The van der Waals surface area contributed by atoms with Gasteiger partial charge in [-0.05, 0) is 24.3 Å². The maximum Gasteiger partial charge on any atom is 0.307 e. The van der Waals surface area contributed by atoms with Crippen LogP contribution in [0.2, 0.25) is 0 Å². The van der Waals surface area contributed by atoms with Crippen molar-refractivity contribution in [2.75, 3.05) is 4.90 Å². The molecule has 6 nitrogen and oxygen atoms in total. The molecule has 0 aliphatic carbocycles. The molecule has 27 heavy (non-hydrogen) atoms. The van der Waals surface area contributed by atoms with E-state index in [2.05, 4.69) is 4.98 Å². The first-order chi connectivity index (χ1) is 12.9. The van der Waals surface area contributed by atoms with Crippen molar-refractivity contribution in [3.05, 3.63) is 53.0 Å². The second-order valence-corrected chi connectivity index (χ2v) is 7.03. The molecule has 1 unspecified atom stereocenters. The number of rotatable bonds is 4. The van der Waals surface area contributed by atoms with Crippen molar-refractivity contribution in [2.24, 2.45) is 0 Å². The van der Waals surface area contributed by atoms with Gasteiger partial charge >= 0.3 is 5.97 Å². The van der Waals surface area contributed by atoms with Crippen LogP contribution in [0.3, 0.4) is 0 Å². The van der Waals surface area contributed by atoms with E-state index in [9.17, 15) is 18.4 Å². The fourth-order valence-corrected chi connectivity index (χ4v) is 3.90. The minimum atomic E-state index is -1.35. The number of carbonyl (C=O) groups is 2. The maximum absolute atomic E-state index is 14.2. The Labute approximate surface area is 155 Å². The molecule has 3 aromatic rings. The van der Waals surface area contributed by atoms with Crippen LogP contribution in [0.4, 0.5) is 14.5 Å². The largest absolute Gasteiger partial charge is 0.481 e. The highest BCUT2D eigenvalue weighted by atomic mass is 32.1. The number of carboxylic acids is 1. The summed E-state index contributed by atoms with van der Waals surface area (Å²) in [4.78, 5) is 29.2. The molecule has 1 aliphatic heterocycles. The van der Waals surface area contributed by atoms with Crippen LogP contribution in [0.1, 0.15) is 11.4 Å². The van der Waals surface area contributed by atoms with Gasteiger partial charge in [-0.1, -0.05) is 12.1 Å². The minimum Gasteiger partial charge on any atom is -0.481 e. The summed E-state index contributed by atoms with van der Waals surface area (Å²) in [5, 5.41) is 9.45. The highest BCUT2D eigenvalue weighted by Gasteiger charge is 2.37. The highest BCUT2D eigenvalue weighted by molar-refractivity contribution is 7.18. The summed E-state index contributed by atoms with van der Waals surface area (Å²) >= 11 is 1.21. The number of carbonyl (C=O) groups excluding carboxylic acids is 1. The Kier molecular flexibility index (Phi) is 4.23. The van der Waals surface area contributed by atoms with E-state index >= 15 is 0 Å². The summed E-state index contributed by atoms with van der Waals surface area (Å²) in [6.07, 6.45) is -1.95. The number of halogens is 2. The first kappa shape index (κ1) is 17.3. The number of nitrogens with zero attached hydrogens (tertiary/aromatic N) is 2. The molecule has 0 saturated heterocycles. The van der Waals surface area contributed by atoms with Crippen molar-refractivity contribution in [1.82, 2.24) is 4.98 Å². The third-order valence-corrected chi connectivity index (χ3v) is 5.11. The number of aromatic nitrogens is 1. The third-order valence-electron chi connectivity index (χ3n) is 4.11. The molecule has 0 bridgehead atoms. The predicted octanol–water partition coefficient (Wildman–Crippen LogP) is 3.34. The Morgan fingerprint density at radius 3 is 2.70 bits per heavy atom. The molecule has 0 fully saturated rings. The zero-order chi connectivity index (χ0) is 19.1. The van der Waals surface area contributed by atoms with Crippen molar-refractivity contribution < 1.29 is 28.2 Å². The number of hydrogen-bond donors (Lipinski definition) is 1. The average Bonchev–Trinajstić information content (AvgIpc) is 3.03. The van der Waals surface area contributed by atoms with Gasteiger partial charge in [-0.3, -0.25) is 14.5 Å². The van der Waals surface area contributed by atoms with Gasteiger partial charge in [-0.2, -0.15) is 0 Å². The quantitative estimate of drug-likeness (QED) is 0.739. The number of anilines is 1. The number of para-hydroxylation sites is 2. The molecule has 1 atom stereocenters. The van der Waals surface area contributed by atoms with Crippen LogP contribution in [0, 0.1) is 11.6 Å². The Morgan fingerprint density at radius 2 is 1.96 bits per heavy atom. The lowest BCUT2D eigenvalue weighted by atomic mass is 10.1. The molecule has 1 amide bonds. The van der Waals surface area contributed by atoms with E-state index in [4.69, 9.17) is 9.84 Å². The number of fused-ring (bicyclic) bond motifs is 2. The van der Waals surface area contributed by atoms with Crippen LogP contribution in [-0.4, -0.2) is 28.1 Å². The van der Waals surface area contributed by atoms with E-state index in [0.29, 0.717) is 9.71 Å². The Bertz CT molecular complexity index is 1070. The van der Waals surface area contributed by atoms with E-state index in [1.54, 1.807) is 12.1 Å². The van der Waals surface area contributed by atoms with E-state index in [0.717, 1.165) is 6.07 Å². The van der Waals surface area contributed by atoms with Crippen LogP contribution in [0.25, 0.3) is 10.2 Å². The summed E-state index contributed by atoms with van der Waals surface area (Å²) < 4.78 is 34.0. The van der Waals surface area contributed by atoms with Crippen LogP contribution >= 0.6 is 11.3 Å². The molecule has 4 rings (SSSR count). The van der Waals surface area contributed by atoms with Gasteiger partial charge in [0.15, 0.2) is 17.7 Å². The second kappa shape index (κ2) is 6.58. The molecule has 138 valence electrons. The summed E-state index contributed by atoms with van der Waals surface area (Å²) in [5.41, 5.74) is 0.376. The van der Waals surface area contributed by atoms with Gasteiger partial charge in [0.25, 0.3) is 5.91 Å². The van der Waals surface area contributed by atoms with Crippen LogP contribution in [0.15, 0.2) is 36.4 Å². The summed E-state index contributed by atoms with van der Waals surface area (Å²) in [6.45, 7) is -0.0481. The number of ether oxygens (including phenoxy) is 1. The number of aliphatic carboxylic acids is 1. The van der Waals surface area contributed by atoms with E-state index in [1.807, 2.05) is 0 Å². The summed E-state index contributed by atoms with van der Waals surface area (Å²) in [6, 6.07) is 8.65. The lowest BCUT2D eigenvalue weighted by Gasteiger charge is -2.33. The molecule has 1 N–H and O–H groups in total. The summed E-state index contributed by atoms with van der Waals surface area (Å²) in [5.74, 6) is -3.21. The van der Waals surface area contributed by atoms with Crippen LogP contribution in [-0.2, 0) is 16.1 Å². The number of hydrogen-bond acceptors (Lipinski definition) is 5. The number of benzene rings is 2. The van der Waals surface area contributed by atoms with Crippen molar-refractivity contribution >= 4 is 39.1 Å². The van der Waals surface area contributed by atoms with Crippen molar-refractivity contribution in [1.29, 1.82) is 0 Å². The third kappa shape index (κ3) is 3.10. The standard InChI is InChI=1S/C18H12F2N2O4S/c19-9-3-2-6-13-16(9)21-14(27-13)8-22-11-5-1-4-10(20)17(11)26-12(18(22)25)7-15(23)24/h1-6,12H,7-8H2,(H,23,24). The minimum absolute atomic E-state index is 0.0481. The Balaban J connectivity index is 1.75. The molecule has 9 heteroatoms. The van der Waals surface area contributed by atoms with E-state index in [-0.39, 0.29) is 23.5 Å². The van der Waals surface area contributed by atoms with Crippen LogP contribution < -0.4 is 9.64 Å². The van der Waals surface area contributed by atoms with Gasteiger partial charge in [0.2, 0.25) is 0 Å². The van der Waals surface area contributed by atoms with Gasteiger partial charge in [0.05, 0.1) is 23.4 Å². The lowest BCUT2D eigenvalue weighted by molar-refractivity contribution is -0.142. The fourth-order valence-electron chi connectivity index (χ4n) is 2.93. The van der Waals surface area contributed by atoms with Crippen molar-refractivity contribution in [3.63, 3.8) is 0 Å². The summed E-state index contributed by atoms with van der Waals surface area (Å²) in [7, 11) is 0.